The van der Waals surface area contributed by atoms with Crippen LogP contribution in [0.3, 0.4) is 0 Å². The number of carboxylic acid groups (broad SMARTS) is 1. The number of urea groups is 1. The number of likely N-dealkylation sites (tertiary alicyclic amines) is 1. The van der Waals surface area contributed by atoms with Crippen LogP contribution in [-0.4, -0.2) is 55.8 Å². The van der Waals surface area contributed by atoms with Gasteiger partial charge in [-0.05, 0) is 6.42 Å². The summed E-state index contributed by atoms with van der Waals surface area (Å²) in [5, 5.41) is 21.3. The van der Waals surface area contributed by atoms with Crippen molar-refractivity contribution in [3.63, 3.8) is 0 Å². The van der Waals surface area contributed by atoms with Crippen LogP contribution in [0.25, 0.3) is 0 Å². The van der Waals surface area contributed by atoms with Crippen LogP contribution in [0.1, 0.15) is 31.6 Å². The lowest BCUT2D eigenvalue weighted by molar-refractivity contribution is -0.141. The third kappa shape index (κ3) is 2.90. The number of aromatic nitrogens is 2. The first-order valence-electron chi connectivity index (χ1n) is 6.50. The zero-order valence-corrected chi connectivity index (χ0v) is 11.1. The molecule has 2 amide bonds. The molecule has 1 aromatic rings. The largest absolute Gasteiger partial charge is 0.480 e. The van der Waals surface area contributed by atoms with Gasteiger partial charge in [0.25, 0.3) is 0 Å². The molecule has 0 spiro atoms. The summed E-state index contributed by atoms with van der Waals surface area (Å²) >= 11 is 0. The van der Waals surface area contributed by atoms with E-state index in [1.807, 2.05) is 6.92 Å². The molecule has 0 aromatic carbocycles. The smallest absolute Gasteiger partial charge is 0.326 e. The van der Waals surface area contributed by atoms with Gasteiger partial charge in [-0.25, -0.2) is 14.6 Å². The Balaban J connectivity index is 2.05. The molecule has 0 bridgehead atoms. The van der Waals surface area contributed by atoms with Gasteiger partial charge >= 0.3 is 12.0 Å². The van der Waals surface area contributed by atoms with Crippen molar-refractivity contribution in [3.05, 3.63) is 18.2 Å². The Labute approximate surface area is 115 Å². The maximum Gasteiger partial charge on any atom is 0.326 e. The van der Waals surface area contributed by atoms with Gasteiger partial charge in [-0.3, -0.25) is 0 Å². The first kappa shape index (κ1) is 14.3. The predicted molar refractivity (Wildman–Crippen MR) is 68.9 cm³/mol. The molecule has 2 rings (SSSR count). The normalized spacial score (nSPS) is 23.6. The highest BCUT2D eigenvalue weighted by Crippen LogP contribution is 2.20. The fourth-order valence-corrected chi connectivity index (χ4v) is 2.34. The minimum absolute atomic E-state index is 0.0252. The van der Waals surface area contributed by atoms with Gasteiger partial charge in [0, 0.05) is 25.4 Å². The Morgan fingerprint density at radius 3 is 2.95 bits per heavy atom. The van der Waals surface area contributed by atoms with Gasteiger partial charge in [0.2, 0.25) is 0 Å². The second kappa shape index (κ2) is 5.91. The van der Waals surface area contributed by atoms with Crippen molar-refractivity contribution in [1.82, 2.24) is 20.2 Å². The summed E-state index contributed by atoms with van der Waals surface area (Å²) in [6.45, 7) is 1.92. The van der Waals surface area contributed by atoms with Crippen molar-refractivity contribution in [1.29, 1.82) is 0 Å². The molecular weight excluding hydrogens is 264 g/mol. The Morgan fingerprint density at radius 1 is 1.65 bits per heavy atom. The standard InChI is InChI=1S/C12H18N4O4/c1-2-8(10-13-3-4-14-10)15-12(20)16-6-7(17)5-9(16)11(18)19/h3-4,7-9,17H,2,5-6H2,1H3,(H,13,14)(H,15,20)(H,18,19)/t7-,8?,9-/m0/s1. The molecule has 1 fully saturated rings. The molecule has 8 nitrogen and oxygen atoms in total. The molecule has 1 aliphatic heterocycles. The SMILES string of the molecule is CCC(NC(=O)N1C[C@@H](O)C[C@H]1C(=O)O)c1ncc[nH]1. The number of hydrogen-bond acceptors (Lipinski definition) is 4. The molecule has 1 aliphatic rings. The Hall–Kier alpha value is -2.09. The van der Waals surface area contributed by atoms with Crippen LogP contribution in [0.2, 0.25) is 0 Å². The number of aliphatic hydroxyl groups is 1. The molecule has 1 aromatic heterocycles. The molecule has 1 saturated heterocycles. The molecular formula is C12H18N4O4. The van der Waals surface area contributed by atoms with Crippen molar-refractivity contribution in [2.75, 3.05) is 6.54 Å². The lowest BCUT2D eigenvalue weighted by atomic mass is 10.2. The molecule has 0 saturated carbocycles. The second-order valence-corrected chi connectivity index (χ2v) is 4.78. The summed E-state index contributed by atoms with van der Waals surface area (Å²) in [4.78, 5) is 31.4. The van der Waals surface area contributed by atoms with Crippen molar-refractivity contribution in [2.24, 2.45) is 0 Å². The van der Waals surface area contributed by atoms with Crippen molar-refractivity contribution in [2.45, 2.75) is 38.0 Å². The first-order valence-corrected chi connectivity index (χ1v) is 6.50. The number of carbonyl (C=O) groups is 2. The van der Waals surface area contributed by atoms with Crippen molar-refractivity contribution in [3.8, 4) is 0 Å². The number of carboxylic acids is 1. The third-order valence-corrected chi connectivity index (χ3v) is 3.38. The van der Waals surface area contributed by atoms with Gasteiger partial charge in [0.1, 0.15) is 11.9 Å². The first-order chi connectivity index (χ1) is 9.52. The molecule has 0 radical (unpaired) electrons. The highest BCUT2D eigenvalue weighted by atomic mass is 16.4. The number of aliphatic carboxylic acids is 1. The third-order valence-electron chi connectivity index (χ3n) is 3.38. The molecule has 1 unspecified atom stereocenters. The number of hydrogen-bond donors (Lipinski definition) is 4. The summed E-state index contributed by atoms with van der Waals surface area (Å²) in [7, 11) is 0. The van der Waals surface area contributed by atoms with Gasteiger partial charge in [-0.15, -0.1) is 0 Å². The molecule has 110 valence electrons. The van der Waals surface area contributed by atoms with E-state index < -0.39 is 24.1 Å². The summed E-state index contributed by atoms with van der Waals surface area (Å²) in [6, 6.07) is -1.80. The predicted octanol–water partition coefficient (Wildman–Crippen LogP) is 0.0902. The van der Waals surface area contributed by atoms with Crippen molar-refractivity contribution < 1.29 is 19.8 Å². The average molecular weight is 282 g/mol. The molecule has 3 atom stereocenters. The zero-order valence-electron chi connectivity index (χ0n) is 11.1. The summed E-state index contributed by atoms with van der Waals surface area (Å²) in [5.41, 5.74) is 0. The quantitative estimate of drug-likeness (QED) is 0.624. The van der Waals surface area contributed by atoms with Gasteiger partial charge in [-0.1, -0.05) is 6.92 Å². The van der Waals surface area contributed by atoms with E-state index in [2.05, 4.69) is 15.3 Å². The van der Waals surface area contributed by atoms with Crippen LogP contribution >= 0.6 is 0 Å². The second-order valence-electron chi connectivity index (χ2n) is 4.78. The van der Waals surface area contributed by atoms with Gasteiger partial charge < -0.3 is 25.4 Å². The van der Waals surface area contributed by atoms with E-state index in [1.165, 1.54) is 0 Å². The molecule has 4 N–H and O–H groups in total. The van der Waals surface area contributed by atoms with Crippen LogP contribution in [0.15, 0.2) is 12.4 Å². The van der Waals surface area contributed by atoms with E-state index in [4.69, 9.17) is 5.11 Å². The summed E-state index contributed by atoms with van der Waals surface area (Å²) in [5.74, 6) is -0.491. The lowest BCUT2D eigenvalue weighted by Gasteiger charge is -2.24. The number of aliphatic hydroxyl groups excluding tert-OH is 1. The number of nitrogens with zero attached hydrogens (tertiary/aromatic N) is 2. The maximum absolute atomic E-state index is 12.2. The van der Waals surface area contributed by atoms with Gasteiger partial charge in [-0.2, -0.15) is 0 Å². The lowest BCUT2D eigenvalue weighted by Crippen LogP contribution is -2.47. The molecule has 8 heteroatoms. The van der Waals surface area contributed by atoms with E-state index in [-0.39, 0.29) is 19.0 Å². The van der Waals surface area contributed by atoms with E-state index in [1.54, 1.807) is 12.4 Å². The zero-order chi connectivity index (χ0) is 14.7. The van der Waals surface area contributed by atoms with E-state index >= 15 is 0 Å². The monoisotopic (exact) mass is 282 g/mol. The number of rotatable bonds is 4. The van der Waals surface area contributed by atoms with Crippen LogP contribution in [0.5, 0.6) is 0 Å². The number of β-amino-alcohol motifs (C(OH)–C–C–N with tert-alkyl or cyclic N) is 1. The molecule has 0 aliphatic carbocycles. The Morgan fingerprint density at radius 2 is 2.40 bits per heavy atom. The molecule has 2 heterocycles. The number of imidazole rings is 1. The van der Waals surface area contributed by atoms with Gasteiger partial charge in [0.15, 0.2) is 0 Å². The van der Waals surface area contributed by atoms with Crippen LogP contribution < -0.4 is 5.32 Å². The van der Waals surface area contributed by atoms with E-state index in [9.17, 15) is 14.7 Å². The van der Waals surface area contributed by atoms with E-state index in [0.717, 1.165) is 4.90 Å². The number of carbonyl (C=O) groups excluding carboxylic acids is 1. The molecule has 20 heavy (non-hydrogen) atoms. The minimum atomic E-state index is -1.11. The van der Waals surface area contributed by atoms with Crippen LogP contribution in [0.4, 0.5) is 4.79 Å². The van der Waals surface area contributed by atoms with Crippen LogP contribution in [0, 0.1) is 0 Å². The fraction of sp³-hybridized carbons (Fsp3) is 0.583. The number of amides is 2. The Kier molecular flexibility index (Phi) is 4.23. The highest BCUT2D eigenvalue weighted by Gasteiger charge is 2.39. The maximum atomic E-state index is 12.2. The average Bonchev–Trinajstić information content (AvgIpc) is 3.04. The fourth-order valence-electron chi connectivity index (χ4n) is 2.34. The number of aromatic amines is 1. The minimum Gasteiger partial charge on any atom is -0.480 e. The number of nitrogens with one attached hydrogen (secondary N) is 2. The highest BCUT2D eigenvalue weighted by molar-refractivity contribution is 5.83. The number of H-pyrrole nitrogens is 1. The summed E-state index contributed by atoms with van der Waals surface area (Å²) < 4.78 is 0. The van der Waals surface area contributed by atoms with Crippen LogP contribution in [-0.2, 0) is 4.79 Å². The van der Waals surface area contributed by atoms with Gasteiger partial charge in [0.05, 0.1) is 12.1 Å². The van der Waals surface area contributed by atoms with E-state index in [0.29, 0.717) is 12.2 Å². The topological polar surface area (TPSA) is 119 Å². The summed E-state index contributed by atoms with van der Waals surface area (Å²) in [6.07, 6.45) is 3.12. The Bertz CT molecular complexity index is 476. The van der Waals surface area contributed by atoms with Crippen molar-refractivity contribution >= 4 is 12.0 Å².